The second kappa shape index (κ2) is 6.70. The first kappa shape index (κ1) is 16.0. The molecule has 0 radical (unpaired) electrons. The fourth-order valence-corrected chi connectivity index (χ4v) is 2.64. The zero-order valence-electron chi connectivity index (χ0n) is 14.0. The van der Waals surface area contributed by atoms with Gasteiger partial charge in [-0.2, -0.15) is 0 Å². The van der Waals surface area contributed by atoms with E-state index in [1.54, 1.807) is 13.1 Å². The number of ether oxygens (including phenoxy) is 1. The Labute approximate surface area is 140 Å². The molecular weight excluding hydrogens is 304 g/mol. The third-order valence-electron chi connectivity index (χ3n) is 3.87. The van der Waals surface area contributed by atoms with Gasteiger partial charge in [-0.05, 0) is 24.6 Å². The molecule has 0 amide bonds. The second-order valence-corrected chi connectivity index (χ2v) is 5.70. The van der Waals surface area contributed by atoms with Crippen molar-refractivity contribution in [3.05, 3.63) is 53.6 Å². The van der Waals surface area contributed by atoms with Gasteiger partial charge in [0.15, 0.2) is 0 Å². The van der Waals surface area contributed by atoms with Gasteiger partial charge in [0, 0.05) is 32.4 Å². The third-order valence-corrected chi connectivity index (χ3v) is 3.87. The molecule has 0 bridgehead atoms. The molecule has 3 aromatic rings. The normalized spacial score (nSPS) is 10.8. The molecule has 0 aliphatic heterocycles. The molecule has 6 heteroatoms. The number of fused-ring (bicyclic) bond motifs is 1. The van der Waals surface area contributed by atoms with Gasteiger partial charge in [0.1, 0.15) is 12.0 Å². The van der Waals surface area contributed by atoms with E-state index in [-0.39, 0.29) is 5.97 Å². The van der Waals surface area contributed by atoms with Gasteiger partial charge in [-0.3, -0.25) is 0 Å². The van der Waals surface area contributed by atoms with Crippen LogP contribution in [0.25, 0.3) is 11.0 Å². The number of nitrogens with zero attached hydrogens (tertiary/aromatic N) is 3. The Bertz CT molecular complexity index is 853. The molecule has 1 N–H and O–H groups in total. The molecule has 0 aliphatic carbocycles. The molecule has 0 saturated carbocycles. The highest BCUT2D eigenvalue weighted by molar-refractivity contribution is 6.04. The monoisotopic (exact) mass is 324 g/mol. The summed E-state index contributed by atoms with van der Waals surface area (Å²) < 4.78 is 5.12. The maximum atomic E-state index is 12.1. The van der Waals surface area contributed by atoms with E-state index < -0.39 is 0 Å². The summed E-state index contributed by atoms with van der Waals surface area (Å²) in [5.41, 5.74) is 4.19. The van der Waals surface area contributed by atoms with E-state index in [1.807, 2.05) is 14.1 Å². The lowest BCUT2D eigenvalue weighted by Crippen LogP contribution is -2.08. The first-order chi connectivity index (χ1) is 11.6. The number of anilines is 1. The molecular formula is C18H20N4O2. The van der Waals surface area contributed by atoms with E-state index in [4.69, 9.17) is 4.74 Å². The molecule has 0 unspecified atom stereocenters. The molecule has 124 valence electrons. The van der Waals surface area contributed by atoms with Crippen LogP contribution in [0.5, 0.6) is 0 Å². The Morgan fingerprint density at radius 2 is 1.96 bits per heavy atom. The van der Waals surface area contributed by atoms with E-state index in [2.05, 4.69) is 44.1 Å². The predicted molar refractivity (Wildman–Crippen MR) is 93.4 cm³/mol. The Morgan fingerprint density at radius 3 is 2.62 bits per heavy atom. The Hall–Kier alpha value is -2.89. The highest BCUT2D eigenvalue weighted by atomic mass is 16.5. The number of H-pyrrole nitrogens is 1. The predicted octanol–water partition coefficient (Wildman–Crippen LogP) is 2.79. The van der Waals surface area contributed by atoms with Crippen molar-refractivity contribution in [1.82, 2.24) is 15.0 Å². The van der Waals surface area contributed by atoms with Crippen LogP contribution < -0.4 is 4.90 Å². The van der Waals surface area contributed by atoms with Crippen molar-refractivity contribution in [3.63, 3.8) is 0 Å². The molecule has 2 aromatic heterocycles. The van der Waals surface area contributed by atoms with Crippen molar-refractivity contribution < 1.29 is 9.53 Å². The largest absolute Gasteiger partial charge is 0.462 e. The number of benzene rings is 1. The van der Waals surface area contributed by atoms with Gasteiger partial charge in [-0.25, -0.2) is 14.8 Å². The standard InChI is InChI=1S/C18H20N4O2/c1-4-24-18(23)14-10-19-17-16(14)15(20-11-21-17)9-12-5-7-13(8-6-12)22(2)3/h5-8,10-11H,4,9H2,1-3H3,(H,19,20,21). The van der Waals surface area contributed by atoms with Crippen molar-refractivity contribution in [2.75, 3.05) is 25.6 Å². The van der Waals surface area contributed by atoms with Crippen LogP contribution in [0.15, 0.2) is 36.8 Å². The Balaban J connectivity index is 1.97. The molecule has 6 nitrogen and oxygen atoms in total. The van der Waals surface area contributed by atoms with Crippen LogP contribution in [-0.2, 0) is 11.2 Å². The topological polar surface area (TPSA) is 71.1 Å². The van der Waals surface area contributed by atoms with E-state index in [0.717, 1.165) is 22.3 Å². The van der Waals surface area contributed by atoms with Crippen molar-refractivity contribution in [1.29, 1.82) is 0 Å². The molecule has 3 rings (SSSR count). The van der Waals surface area contributed by atoms with Gasteiger partial charge in [0.25, 0.3) is 0 Å². The molecule has 0 spiro atoms. The first-order valence-corrected chi connectivity index (χ1v) is 7.84. The van der Waals surface area contributed by atoms with E-state index in [1.165, 1.54) is 6.33 Å². The molecule has 0 atom stereocenters. The highest BCUT2D eigenvalue weighted by Gasteiger charge is 2.18. The second-order valence-electron chi connectivity index (χ2n) is 5.70. The molecule has 0 saturated heterocycles. The summed E-state index contributed by atoms with van der Waals surface area (Å²) in [5.74, 6) is -0.359. The average molecular weight is 324 g/mol. The molecule has 0 fully saturated rings. The fraction of sp³-hybridized carbons (Fsp3) is 0.278. The SMILES string of the molecule is CCOC(=O)c1c[nH]c2ncnc(Cc3ccc(N(C)C)cc3)c12. The van der Waals surface area contributed by atoms with Gasteiger partial charge >= 0.3 is 5.97 Å². The minimum atomic E-state index is -0.359. The lowest BCUT2D eigenvalue weighted by molar-refractivity contribution is 0.0528. The number of rotatable bonds is 5. The highest BCUT2D eigenvalue weighted by Crippen LogP contribution is 2.23. The minimum absolute atomic E-state index is 0.334. The number of hydrogen-bond donors (Lipinski definition) is 1. The summed E-state index contributed by atoms with van der Waals surface area (Å²) in [7, 11) is 4.02. The third kappa shape index (κ3) is 3.08. The quantitative estimate of drug-likeness (QED) is 0.731. The molecule has 24 heavy (non-hydrogen) atoms. The summed E-state index contributed by atoms with van der Waals surface area (Å²) in [6.45, 7) is 2.12. The molecule has 1 aromatic carbocycles. The number of aromatic amines is 1. The van der Waals surface area contributed by atoms with Gasteiger partial charge in [0.2, 0.25) is 0 Å². The maximum Gasteiger partial charge on any atom is 0.340 e. The Morgan fingerprint density at radius 1 is 1.21 bits per heavy atom. The summed E-state index contributed by atoms with van der Waals surface area (Å²) >= 11 is 0. The number of carbonyl (C=O) groups is 1. The number of hydrogen-bond acceptors (Lipinski definition) is 5. The van der Waals surface area contributed by atoms with Crippen LogP contribution in [-0.4, -0.2) is 41.6 Å². The van der Waals surface area contributed by atoms with Crippen LogP contribution in [0.1, 0.15) is 28.5 Å². The molecule has 2 heterocycles. The summed E-state index contributed by atoms with van der Waals surface area (Å²) in [6.07, 6.45) is 3.77. The lowest BCUT2D eigenvalue weighted by Gasteiger charge is -2.12. The van der Waals surface area contributed by atoms with Gasteiger partial charge in [-0.15, -0.1) is 0 Å². The maximum absolute atomic E-state index is 12.1. The molecule has 0 aliphatic rings. The summed E-state index contributed by atoms with van der Waals surface area (Å²) in [4.78, 5) is 25.8. The van der Waals surface area contributed by atoms with Crippen LogP contribution in [0.3, 0.4) is 0 Å². The van der Waals surface area contributed by atoms with Crippen LogP contribution in [0.4, 0.5) is 5.69 Å². The first-order valence-electron chi connectivity index (χ1n) is 7.84. The number of esters is 1. The van der Waals surface area contributed by atoms with Crippen molar-refractivity contribution in [2.45, 2.75) is 13.3 Å². The number of nitrogens with one attached hydrogen (secondary N) is 1. The lowest BCUT2D eigenvalue weighted by atomic mass is 10.1. The van der Waals surface area contributed by atoms with E-state index in [0.29, 0.717) is 24.2 Å². The van der Waals surface area contributed by atoms with E-state index in [9.17, 15) is 4.79 Å². The van der Waals surface area contributed by atoms with Crippen molar-refractivity contribution in [2.24, 2.45) is 0 Å². The minimum Gasteiger partial charge on any atom is -0.462 e. The van der Waals surface area contributed by atoms with Gasteiger partial charge in [0.05, 0.1) is 23.3 Å². The number of carbonyl (C=O) groups excluding carboxylic acids is 1. The fourth-order valence-electron chi connectivity index (χ4n) is 2.64. The Kier molecular flexibility index (Phi) is 4.46. The van der Waals surface area contributed by atoms with Crippen molar-refractivity contribution >= 4 is 22.7 Å². The van der Waals surface area contributed by atoms with Crippen LogP contribution >= 0.6 is 0 Å². The van der Waals surface area contributed by atoms with Crippen LogP contribution in [0.2, 0.25) is 0 Å². The van der Waals surface area contributed by atoms with Gasteiger partial charge in [-0.1, -0.05) is 12.1 Å². The summed E-state index contributed by atoms with van der Waals surface area (Å²) in [6, 6.07) is 8.27. The zero-order valence-corrected chi connectivity index (χ0v) is 14.0. The summed E-state index contributed by atoms with van der Waals surface area (Å²) in [5, 5.41) is 0.729. The van der Waals surface area contributed by atoms with Gasteiger partial charge < -0.3 is 14.6 Å². The smallest absolute Gasteiger partial charge is 0.340 e. The van der Waals surface area contributed by atoms with Crippen molar-refractivity contribution in [3.8, 4) is 0 Å². The average Bonchev–Trinajstić information content (AvgIpc) is 3.01. The zero-order chi connectivity index (χ0) is 17.1. The van der Waals surface area contributed by atoms with Crippen LogP contribution in [0, 0.1) is 0 Å². The number of aromatic nitrogens is 3. The van der Waals surface area contributed by atoms with E-state index >= 15 is 0 Å².